The van der Waals surface area contributed by atoms with E-state index in [0.29, 0.717) is 17.8 Å². The number of hydrogen-bond acceptors (Lipinski definition) is 4. The second-order valence-corrected chi connectivity index (χ2v) is 7.30. The van der Waals surface area contributed by atoms with Gasteiger partial charge in [-0.2, -0.15) is 0 Å². The molecule has 0 unspecified atom stereocenters. The van der Waals surface area contributed by atoms with E-state index in [2.05, 4.69) is 0 Å². The molecular formula is C11H15NO3S2. The van der Waals surface area contributed by atoms with E-state index in [1.165, 1.54) is 11.3 Å². The molecular weight excluding hydrogens is 258 g/mol. The van der Waals surface area contributed by atoms with Crippen LogP contribution in [0, 0.1) is 0 Å². The Kier molecular flexibility index (Phi) is 3.53. The molecule has 1 fully saturated rings. The lowest BCUT2D eigenvalue weighted by Gasteiger charge is -2.26. The predicted octanol–water partition coefficient (Wildman–Crippen LogP) is 1.40. The maximum atomic E-state index is 12.2. The molecule has 0 aromatic carbocycles. The van der Waals surface area contributed by atoms with Crippen LogP contribution in [0.25, 0.3) is 0 Å². The predicted molar refractivity (Wildman–Crippen MR) is 68.1 cm³/mol. The number of carbonyl (C=O) groups is 1. The molecule has 0 radical (unpaired) electrons. The van der Waals surface area contributed by atoms with Crippen LogP contribution in [0.2, 0.25) is 0 Å². The van der Waals surface area contributed by atoms with Gasteiger partial charge in [-0.25, -0.2) is 8.42 Å². The summed E-state index contributed by atoms with van der Waals surface area (Å²) in [5.74, 6) is 0.258. The zero-order valence-electron chi connectivity index (χ0n) is 9.63. The minimum atomic E-state index is -2.94. The molecule has 4 nitrogen and oxygen atoms in total. The molecule has 1 saturated heterocycles. The Labute approximate surface area is 105 Å². The molecule has 1 amide bonds. The second-order valence-electron chi connectivity index (χ2n) is 4.13. The van der Waals surface area contributed by atoms with Gasteiger partial charge in [-0.3, -0.25) is 4.79 Å². The summed E-state index contributed by atoms with van der Waals surface area (Å²) in [6.45, 7) is 2.44. The fourth-order valence-corrected chi connectivity index (χ4v) is 4.54. The van der Waals surface area contributed by atoms with Gasteiger partial charge in [0.05, 0.1) is 16.4 Å². The highest BCUT2D eigenvalue weighted by molar-refractivity contribution is 7.91. The lowest BCUT2D eigenvalue weighted by Crippen LogP contribution is -2.40. The number of amides is 1. The monoisotopic (exact) mass is 273 g/mol. The van der Waals surface area contributed by atoms with E-state index in [1.807, 2.05) is 18.4 Å². The summed E-state index contributed by atoms with van der Waals surface area (Å²) in [5.41, 5.74) is 0. The van der Waals surface area contributed by atoms with Gasteiger partial charge in [-0.1, -0.05) is 6.07 Å². The average Bonchev–Trinajstić information content (AvgIpc) is 2.88. The summed E-state index contributed by atoms with van der Waals surface area (Å²) in [6.07, 6.45) is 0.563. The molecule has 0 aliphatic carbocycles. The molecule has 1 aliphatic heterocycles. The van der Waals surface area contributed by atoms with Crippen molar-refractivity contribution in [1.29, 1.82) is 0 Å². The minimum Gasteiger partial charge on any atom is -0.334 e. The zero-order chi connectivity index (χ0) is 12.5. The minimum absolute atomic E-state index is 0.0513. The van der Waals surface area contributed by atoms with E-state index in [9.17, 15) is 13.2 Å². The van der Waals surface area contributed by atoms with Crippen molar-refractivity contribution in [2.24, 2.45) is 0 Å². The Hall–Kier alpha value is -0.880. The fourth-order valence-electron chi connectivity index (χ4n) is 2.13. The van der Waals surface area contributed by atoms with Crippen molar-refractivity contribution >= 4 is 27.1 Å². The first-order chi connectivity index (χ1) is 8.03. The molecule has 1 atom stereocenters. The normalized spacial score (nSPS) is 22.5. The van der Waals surface area contributed by atoms with Gasteiger partial charge in [-0.05, 0) is 24.8 Å². The van der Waals surface area contributed by atoms with Crippen molar-refractivity contribution in [1.82, 2.24) is 4.90 Å². The number of carbonyl (C=O) groups excluding carboxylic acids is 1. The first kappa shape index (κ1) is 12.6. The molecule has 2 rings (SSSR count). The van der Waals surface area contributed by atoms with Crippen LogP contribution in [0.3, 0.4) is 0 Å². The van der Waals surface area contributed by atoms with Crippen molar-refractivity contribution < 1.29 is 13.2 Å². The molecule has 6 heteroatoms. The first-order valence-electron chi connectivity index (χ1n) is 5.58. The number of rotatable bonds is 3. The van der Waals surface area contributed by atoms with E-state index in [4.69, 9.17) is 0 Å². The summed E-state index contributed by atoms with van der Waals surface area (Å²) in [6, 6.07) is 3.45. The van der Waals surface area contributed by atoms with Gasteiger partial charge in [0.25, 0.3) is 5.91 Å². The summed E-state index contributed by atoms with van der Waals surface area (Å²) < 4.78 is 22.9. The van der Waals surface area contributed by atoms with E-state index >= 15 is 0 Å². The van der Waals surface area contributed by atoms with E-state index in [0.717, 1.165) is 0 Å². The number of hydrogen-bond donors (Lipinski definition) is 0. The highest BCUT2D eigenvalue weighted by Gasteiger charge is 2.34. The van der Waals surface area contributed by atoms with Crippen LogP contribution < -0.4 is 0 Å². The molecule has 0 spiro atoms. The fraction of sp³-hybridized carbons (Fsp3) is 0.545. The van der Waals surface area contributed by atoms with Crippen LogP contribution in [0.1, 0.15) is 23.0 Å². The Bertz CT molecular complexity index is 493. The van der Waals surface area contributed by atoms with Gasteiger partial charge in [0.1, 0.15) is 0 Å². The van der Waals surface area contributed by atoms with Crippen LogP contribution in [-0.4, -0.2) is 43.3 Å². The Balaban J connectivity index is 2.15. The maximum Gasteiger partial charge on any atom is 0.264 e. The largest absolute Gasteiger partial charge is 0.334 e. The zero-order valence-corrected chi connectivity index (χ0v) is 11.3. The molecule has 94 valence electrons. The number of thiophene rings is 1. The Morgan fingerprint density at radius 2 is 2.35 bits per heavy atom. The quantitative estimate of drug-likeness (QED) is 0.836. The van der Waals surface area contributed by atoms with E-state index in [1.54, 1.807) is 11.0 Å². The van der Waals surface area contributed by atoms with Gasteiger partial charge in [0, 0.05) is 12.6 Å². The molecule has 1 aliphatic rings. The molecule has 2 heterocycles. The third-order valence-corrected chi connectivity index (χ3v) is 5.59. The lowest BCUT2D eigenvalue weighted by atomic mass is 10.2. The maximum absolute atomic E-state index is 12.2. The topological polar surface area (TPSA) is 54.5 Å². The summed E-state index contributed by atoms with van der Waals surface area (Å²) in [4.78, 5) is 14.5. The number of nitrogens with zero attached hydrogens (tertiary/aromatic N) is 1. The number of sulfone groups is 1. The van der Waals surface area contributed by atoms with Gasteiger partial charge in [-0.15, -0.1) is 11.3 Å². The van der Waals surface area contributed by atoms with E-state index in [-0.39, 0.29) is 23.5 Å². The molecule has 0 saturated carbocycles. The average molecular weight is 273 g/mol. The Morgan fingerprint density at radius 1 is 1.59 bits per heavy atom. The lowest BCUT2D eigenvalue weighted by molar-refractivity contribution is 0.0713. The molecule has 1 aromatic heterocycles. The highest BCUT2D eigenvalue weighted by Crippen LogP contribution is 2.21. The van der Waals surface area contributed by atoms with Crippen molar-refractivity contribution in [3.8, 4) is 0 Å². The van der Waals surface area contributed by atoms with Crippen LogP contribution in [0.4, 0.5) is 0 Å². The SMILES string of the molecule is CCN(C(=O)c1cccs1)[C@H]1CCS(=O)(=O)C1. The first-order valence-corrected chi connectivity index (χ1v) is 8.28. The van der Waals surface area contributed by atoms with Crippen molar-refractivity contribution in [3.05, 3.63) is 22.4 Å². The molecule has 0 bridgehead atoms. The van der Waals surface area contributed by atoms with Crippen molar-refractivity contribution in [2.45, 2.75) is 19.4 Å². The van der Waals surface area contributed by atoms with Crippen molar-refractivity contribution in [2.75, 3.05) is 18.1 Å². The summed E-state index contributed by atoms with van der Waals surface area (Å²) >= 11 is 1.39. The third-order valence-electron chi connectivity index (χ3n) is 2.98. The standard InChI is InChI=1S/C11H15NO3S2/c1-2-12(9-5-7-17(14,15)8-9)11(13)10-4-3-6-16-10/h3-4,6,9H,2,5,7-8H2,1H3/t9-/m0/s1. The van der Waals surface area contributed by atoms with Crippen LogP contribution >= 0.6 is 11.3 Å². The van der Waals surface area contributed by atoms with Crippen LogP contribution in [0.5, 0.6) is 0 Å². The molecule has 17 heavy (non-hydrogen) atoms. The third kappa shape index (κ3) is 2.69. The molecule has 1 aromatic rings. The van der Waals surface area contributed by atoms with Gasteiger partial charge < -0.3 is 4.90 Å². The van der Waals surface area contributed by atoms with Crippen molar-refractivity contribution in [3.63, 3.8) is 0 Å². The summed E-state index contributed by atoms with van der Waals surface area (Å²) in [7, 11) is -2.94. The van der Waals surface area contributed by atoms with E-state index < -0.39 is 9.84 Å². The Morgan fingerprint density at radius 3 is 2.82 bits per heavy atom. The second kappa shape index (κ2) is 4.78. The summed E-state index contributed by atoms with van der Waals surface area (Å²) in [5, 5.41) is 1.85. The molecule has 0 N–H and O–H groups in total. The van der Waals surface area contributed by atoms with Gasteiger partial charge in [0.2, 0.25) is 0 Å². The van der Waals surface area contributed by atoms with Gasteiger partial charge in [0.15, 0.2) is 9.84 Å². The highest BCUT2D eigenvalue weighted by atomic mass is 32.2. The smallest absolute Gasteiger partial charge is 0.264 e. The van der Waals surface area contributed by atoms with Gasteiger partial charge >= 0.3 is 0 Å². The van der Waals surface area contributed by atoms with Crippen LogP contribution in [0.15, 0.2) is 17.5 Å². The van der Waals surface area contributed by atoms with Crippen LogP contribution in [-0.2, 0) is 9.84 Å².